The van der Waals surface area contributed by atoms with Crippen molar-refractivity contribution in [3.05, 3.63) is 12.2 Å². The van der Waals surface area contributed by atoms with Crippen molar-refractivity contribution in [2.75, 3.05) is 6.54 Å². The molecule has 0 amide bonds. The summed E-state index contributed by atoms with van der Waals surface area (Å²) in [5.74, 6) is 1.46. The van der Waals surface area contributed by atoms with Crippen LogP contribution in [-0.4, -0.2) is 38.1 Å². The Hall–Kier alpha value is -0.940. The lowest BCUT2D eigenvalue weighted by Crippen LogP contribution is -2.43. The number of hydrogen-bond donors (Lipinski definition) is 2. The molecule has 20 heavy (non-hydrogen) atoms. The van der Waals surface area contributed by atoms with Crippen molar-refractivity contribution >= 4 is 0 Å². The molecular weight excluding hydrogens is 252 g/mol. The minimum atomic E-state index is -0.603. The maximum atomic E-state index is 10.8. The van der Waals surface area contributed by atoms with Crippen LogP contribution in [0, 0.1) is 5.92 Å². The van der Waals surface area contributed by atoms with E-state index in [4.69, 9.17) is 0 Å². The molecule has 114 valence electrons. The molecule has 2 rings (SSSR count). The number of rotatable bonds is 6. The van der Waals surface area contributed by atoms with Crippen LogP contribution in [0.4, 0.5) is 0 Å². The Balaban J connectivity index is 1.94. The normalized spacial score (nSPS) is 27.1. The monoisotopic (exact) mass is 280 g/mol. The van der Waals surface area contributed by atoms with Gasteiger partial charge in [0.05, 0.1) is 5.60 Å². The lowest BCUT2D eigenvalue weighted by atomic mass is 9.80. The van der Waals surface area contributed by atoms with E-state index in [1.807, 2.05) is 4.68 Å². The lowest BCUT2D eigenvalue weighted by molar-refractivity contribution is -0.00553. The van der Waals surface area contributed by atoms with E-state index in [9.17, 15) is 5.11 Å². The Labute approximate surface area is 121 Å². The fraction of sp³-hybridized carbons (Fsp3) is 0.867. The zero-order chi connectivity index (χ0) is 14.6. The lowest BCUT2D eigenvalue weighted by Gasteiger charge is -2.36. The standard InChI is InChI=1S/C15H28N4O/c1-4-16-13-5-7-15(20,8-6-13)9-14-17-11-18-19(14)10-12(2)3/h11-13,16,20H,4-10H2,1-3H3. The van der Waals surface area contributed by atoms with Crippen molar-refractivity contribution in [1.29, 1.82) is 0 Å². The Morgan fingerprint density at radius 1 is 1.45 bits per heavy atom. The van der Waals surface area contributed by atoms with Gasteiger partial charge in [0.15, 0.2) is 0 Å². The largest absolute Gasteiger partial charge is 0.389 e. The van der Waals surface area contributed by atoms with E-state index in [0.29, 0.717) is 18.4 Å². The maximum Gasteiger partial charge on any atom is 0.138 e. The second kappa shape index (κ2) is 6.68. The first kappa shape index (κ1) is 15.4. The summed E-state index contributed by atoms with van der Waals surface area (Å²) in [6.45, 7) is 8.34. The number of aliphatic hydroxyl groups is 1. The van der Waals surface area contributed by atoms with Crippen molar-refractivity contribution in [3.63, 3.8) is 0 Å². The summed E-state index contributed by atoms with van der Waals surface area (Å²) in [6.07, 6.45) is 6.01. The molecule has 0 spiro atoms. The van der Waals surface area contributed by atoms with Crippen LogP contribution in [0.2, 0.25) is 0 Å². The Morgan fingerprint density at radius 2 is 2.15 bits per heavy atom. The highest BCUT2D eigenvalue weighted by molar-refractivity contribution is 4.98. The van der Waals surface area contributed by atoms with Crippen LogP contribution in [0.3, 0.4) is 0 Å². The first-order chi connectivity index (χ1) is 9.52. The first-order valence-electron chi connectivity index (χ1n) is 7.85. The molecule has 1 aliphatic carbocycles. The molecule has 0 atom stereocenters. The predicted octanol–water partition coefficient (Wildman–Crippen LogP) is 1.76. The first-order valence-corrected chi connectivity index (χ1v) is 7.85. The van der Waals surface area contributed by atoms with E-state index in [1.165, 1.54) is 0 Å². The summed E-state index contributed by atoms with van der Waals surface area (Å²) in [5, 5.41) is 18.5. The molecule has 2 N–H and O–H groups in total. The van der Waals surface area contributed by atoms with Gasteiger partial charge < -0.3 is 10.4 Å². The molecule has 0 aromatic carbocycles. The van der Waals surface area contributed by atoms with Crippen LogP contribution in [0.5, 0.6) is 0 Å². The summed E-state index contributed by atoms with van der Waals surface area (Å²) in [5.41, 5.74) is -0.603. The van der Waals surface area contributed by atoms with Gasteiger partial charge in [-0.1, -0.05) is 20.8 Å². The molecule has 0 unspecified atom stereocenters. The van der Waals surface area contributed by atoms with Gasteiger partial charge in [0.2, 0.25) is 0 Å². The van der Waals surface area contributed by atoms with Crippen molar-refractivity contribution in [2.24, 2.45) is 5.92 Å². The number of hydrogen-bond acceptors (Lipinski definition) is 4. The average Bonchev–Trinajstić information content (AvgIpc) is 2.79. The van der Waals surface area contributed by atoms with Gasteiger partial charge in [-0.3, -0.25) is 0 Å². The van der Waals surface area contributed by atoms with Gasteiger partial charge in [0, 0.05) is 19.0 Å². The molecule has 1 heterocycles. The zero-order valence-electron chi connectivity index (χ0n) is 13.0. The predicted molar refractivity (Wildman–Crippen MR) is 79.4 cm³/mol. The van der Waals surface area contributed by atoms with Gasteiger partial charge in [0.25, 0.3) is 0 Å². The smallest absolute Gasteiger partial charge is 0.138 e. The van der Waals surface area contributed by atoms with Gasteiger partial charge in [-0.05, 0) is 38.1 Å². The minimum absolute atomic E-state index is 0.537. The average molecular weight is 280 g/mol. The molecule has 0 radical (unpaired) electrons. The van der Waals surface area contributed by atoms with E-state index < -0.39 is 5.60 Å². The van der Waals surface area contributed by atoms with Crippen LogP contribution >= 0.6 is 0 Å². The van der Waals surface area contributed by atoms with Crippen molar-refractivity contribution in [1.82, 2.24) is 20.1 Å². The third kappa shape index (κ3) is 4.03. The summed E-state index contributed by atoms with van der Waals surface area (Å²) in [7, 11) is 0. The van der Waals surface area contributed by atoms with E-state index in [-0.39, 0.29) is 0 Å². The molecule has 1 aromatic heterocycles. The van der Waals surface area contributed by atoms with Crippen molar-refractivity contribution < 1.29 is 5.11 Å². The maximum absolute atomic E-state index is 10.8. The van der Waals surface area contributed by atoms with E-state index in [2.05, 4.69) is 36.2 Å². The van der Waals surface area contributed by atoms with E-state index in [0.717, 1.165) is 44.6 Å². The van der Waals surface area contributed by atoms with Gasteiger partial charge in [0.1, 0.15) is 12.2 Å². The Bertz CT molecular complexity index is 408. The highest BCUT2D eigenvalue weighted by Crippen LogP contribution is 2.31. The van der Waals surface area contributed by atoms with Crippen LogP contribution < -0.4 is 5.32 Å². The fourth-order valence-electron chi connectivity index (χ4n) is 3.04. The van der Waals surface area contributed by atoms with E-state index in [1.54, 1.807) is 6.33 Å². The third-order valence-electron chi connectivity index (χ3n) is 4.13. The Morgan fingerprint density at radius 3 is 2.75 bits per heavy atom. The summed E-state index contributed by atoms with van der Waals surface area (Å²) in [4.78, 5) is 4.34. The summed E-state index contributed by atoms with van der Waals surface area (Å²) >= 11 is 0. The van der Waals surface area contributed by atoms with Gasteiger partial charge >= 0.3 is 0 Å². The molecule has 1 aliphatic rings. The summed E-state index contributed by atoms with van der Waals surface area (Å²) < 4.78 is 1.94. The van der Waals surface area contributed by atoms with Gasteiger partial charge in [-0.15, -0.1) is 0 Å². The van der Waals surface area contributed by atoms with Crippen LogP contribution in [0.15, 0.2) is 6.33 Å². The minimum Gasteiger partial charge on any atom is -0.389 e. The molecule has 1 fully saturated rings. The molecule has 5 nitrogen and oxygen atoms in total. The zero-order valence-corrected chi connectivity index (χ0v) is 13.0. The fourth-order valence-corrected chi connectivity index (χ4v) is 3.04. The molecular formula is C15H28N4O. The quantitative estimate of drug-likeness (QED) is 0.833. The molecule has 1 saturated carbocycles. The number of nitrogens with one attached hydrogen (secondary N) is 1. The van der Waals surface area contributed by atoms with Crippen molar-refractivity contribution in [3.8, 4) is 0 Å². The Kier molecular flexibility index (Phi) is 5.16. The van der Waals surface area contributed by atoms with Crippen molar-refractivity contribution in [2.45, 2.75) is 71.1 Å². The number of aromatic nitrogens is 3. The SMILES string of the molecule is CCNC1CCC(O)(Cc2ncnn2CC(C)C)CC1. The highest BCUT2D eigenvalue weighted by atomic mass is 16.3. The second-order valence-corrected chi connectivity index (χ2v) is 6.49. The number of nitrogens with zero attached hydrogens (tertiary/aromatic N) is 3. The third-order valence-corrected chi connectivity index (χ3v) is 4.13. The molecule has 0 saturated heterocycles. The van der Waals surface area contributed by atoms with Crippen LogP contribution in [0.1, 0.15) is 52.3 Å². The molecule has 0 aliphatic heterocycles. The topological polar surface area (TPSA) is 63.0 Å². The van der Waals surface area contributed by atoms with Gasteiger partial charge in [-0.25, -0.2) is 9.67 Å². The van der Waals surface area contributed by atoms with Crippen LogP contribution in [0.25, 0.3) is 0 Å². The van der Waals surface area contributed by atoms with E-state index >= 15 is 0 Å². The molecule has 1 aromatic rings. The molecule has 0 bridgehead atoms. The summed E-state index contributed by atoms with van der Waals surface area (Å²) in [6, 6.07) is 0.564. The van der Waals surface area contributed by atoms with Crippen LogP contribution in [-0.2, 0) is 13.0 Å². The second-order valence-electron chi connectivity index (χ2n) is 6.49. The molecule has 5 heteroatoms. The highest BCUT2D eigenvalue weighted by Gasteiger charge is 2.34. The van der Waals surface area contributed by atoms with Gasteiger partial charge in [-0.2, -0.15) is 5.10 Å².